The number of fused-ring (bicyclic) bond motifs is 3. The second-order valence-electron chi connectivity index (χ2n) is 10.8. The molecular weight excluding hydrogens is 510 g/mol. The average Bonchev–Trinajstić information content (AvgIpc) is 3.11. The molecule has 2 aliphatic rings. The van der Waals surface area contributed by atoms with Crippen molar-refractivity contribution in [2.24, 2.45) is 4.99 Å². The highest BCUT2D eigenvalue weighted by molar-refractivity contribution is 7.92. The summed E-state index contributed by atoms with van der Waals surface area (Å²) in [5.41, 5.74) is 6.72. The Hall–Kier alpha value is -3.10. The van der Waals surface area contributed by atoms with Gasteiger partial charge in [-0.2, -0.15) is 0 Å². The fraction of sp³-hybridized carbons (Fsp3) is 0.357. The molecule has 0 saturated carbocycles. The average molecular weight is 542 g/mol. The Morgan fingerprint density at radius 2 is 1.73 bits per heavy atom. The maximum Gasteiger partial charge on any atom is 0.230 e. The van der Waals surface area contributed by atoms with Crippen molar-refractivity contribution in [3.63, 3.8) is 0 Å². The van der Waals surface area contributed by atoms with E-state index in [1.165, 1.54) is 5.56 Å². The molecule has 37 heavy (non-hydrogen) atoms. The molecule has 5 rings (SSSR count). The number of methoxy groups -OCH3 is 1. The van der Waals surface area contributed by atoms with Crippen LogP contribution in [-0.4, -0.2) is 43.6 Å². The zero-order chi connectivity index (χ0) is 25.9. The van der Waals surface area contributed by atoms with E-state index in [0.717, 1.165) is 64.1 Å². The Bertz CT molecular complexity index is 1500. The monoisotopic (exact) mass is 541 g/mol. The summed E-state index contributed by atoms with van der Waals surface area (Å²) in [5.74, 6) is 1.87. The van der Waals surface area contributed by atoms with Crippen LogP contribution in [0, 0.1) is 0 Å². The molecule has 0 atom stereocenters. The largest absolute Gasteiger partial charge is 0.493 e. The molecule has 0 fully saturated rings. The summed E-state index contributed by atoms with van der Waals surface area (Å²) in [4.78, 5) is 9.50. The first-order valence-corrected chi connectivity index (χ1v) is 13.8. The van der Waals surface area contributed by atoms with Crippen LogP contribution in [0.1, 0.15) is 49.9 Å². The third kappa shape index (κ3) is 5.45. The van der Waals surface area contributed by atoms with Crippen molar-refractivity contribution < 1.29 is 17.9 Å². The van der Waals surface area contributed by atoms with Crippen LogP contribution in [0.2, 0.25) is 0 Å². The first kappa shape index (κ1) is 26.9. The van der Waals surface area contributed by atoms with Crippen LogP contribution in [0.25, 0.3) is 11.1 Å². The van der Waals surface area contributed by atoms with Gasteiger partial charge in [-0.1, -0.05) is 18.2 Å². The Morgan fingerprint density at radius 3 is 2.38 bits per heavy atom. The number of nitrogens with zero attached hydrogens (tertiary/aromatic N) is 2. The Morgan fingerprint density at radius 1 is 1.00 bits per heavy atom. The molecule has 0 spiro atoms. The first-order chi connectivity index (χ1) is 16.8. The van der Waals surface area contributed by atoms with Gasteiger partial charge in [0.1, 0.15) is 11.4 Å². The second kappa shape index (κ2) is 9.33. The molecule has 196 valence electrons. The predicted molar refractivity (Wildman–Crippen MR) is 150 cm³/mol. The topological polar surface area (TPSA) is 89.9 Å². The lowest BCUT2D eigenvalue weighted by molar-refractivity contribution is 0.134. The van der Waals surface area contributed by atoms with Crippen molar-refractivity contribution in [1.29, 1.82) is 0 Å². The van der Waals surface area contributed by atoms with Gasteiger partial charge >= 0.3 is 0 Å². The smallest absolute Gasteiger partial charge is 0.230 e. The maximum atomic E-state index is 11.5. The van der Waals surface area contributed by atoms with Gasteiger partial charge in [-0.15, -0.1) is 12.4 Å². The van der Waals surface area contributed by atoms with Gasteiger partial charge in [0, 0.05) is 34.9 Å². The van der Waals surface area contributed by atoms with Gasteiger partial charge in [-0.3, -0.25) is 9.71 Å². The number of nitrogens with one attached hydrogen (secondary N) is 1. The van der Waals surface area contributed by atoms with Crippen LogP contribution >= 0.6 is 12.4 Å². The Kier molecular flexibility index (Phi) is 6.80. The molecule has 2 aromatic carbocycles. The number of ether oxygens (including phenoxy) is 2. The van der Waals surface area contributed by atoms with Crippen LogP contribution in [0.5, 0.6) is 11.5 Å². The molecule has 0 amide bonds. The molecule has 2 aliphatic heterocycles. The number of halogens is 1. The summed E-state index contributed by atoms with van der Waals surface area (Å²) in [6, 6.07) is 13.9. The van der Waals surface area contributed by atoms with E-state index in [2.05, 4.69) is 55.6 Å². The Labute approximate surface area is 224 Å². The number of sulfonamides is 1. The van der Waals surface area contributed by atoms with E-state index < -0.39 is 10.0 Å². The molecule has 0 aliphatic carbocycles. The molecule has 0 bridgehead atoms. The molecular formula is C28H32ClN3O4S. The number of anilines is 1. The highest BCUT2D eigenvalue weighted by Gasteiger charge is 2.39. The number of benzene rings is 2. The Balaban J connectivity index is 0.00000320. The van der Waals surface area contributed by atoms with Gasteiger partial charge in [0.05, 0.1) is 24.6 Å². The summed E-state index contributed by atoms with van der Waals surface area (Å²) in [6.45, 7) is 8.49. The lowest BCUT2D eigenvalue weighted by atomic mass is 9.80. The van der Waals surface area contributed by atoms with E-state index >= 15 is 0 Å². The summed E-state index contributed by atoms with van der Waals surface area (Å²) in [5, 5.41) is 0. The standard InChI is InChI=1S/C28H31N3O4S.ClH/c1-27(2)14-20-13-22(34-5)26-21(15-28(3,4)35-26)24(20)25(30-27)18-9-7-8-17(12-18)19-10-11-23(29-16-19)31-36(6,32)33;/h7-13,16H,14-15H2,1-6H3,(H,29,31);1H. The number of aromatic nitrogens is 1. The van der Waals surface area contributed by atoms with E-state index in [1.54, 1.807) is 19.4 Å². The minimum absolute atomic E-state index is 0. The third-order valence-electron chi connectivity index (χ3n) is 6.42. The zero-order valence-corrected chi connectivity index (χ0v) is 23.5. The minimum atomic E-state index is -3.38. The van der Waals surface area contributed by atoms with Gasteiger partial charge in [0.15, 0.2) is 11.5 Å². The number of hydrogen-bond acceptors (Lipinski definition) is 6. The molecule has 0 saturated heterocycles. The molecule has 7 nitrogen and oxygen atoms in total. The van der Waals surface area contributed by atoms with Gasteiger partial charge in [-0.05, 0) is 69.5 Å². The van der Waals surface area contributed by atoms with Crippen LogP contribution in [-0.2, 0) is 22.9 Å². The highest BCUT2D eigenvalue weighted by Crippen LogP contribution is 2.48. The number of hydrogen-bond donors (Lipinski definition) is 1. The van der Waals surface area contributed by atoms with Gasteiger partial charge in [0.2, 0.25) is 10.0 Å². The number of rotatable bonds is 5. The maximum absolute atomic E-state index is 11.5. The zero-order valence-electron chi connectivity index (χ0n) is 21.9. The van der Waals surface area contributed by atoms with Crippen molar-refractivity contribution in [1.82, 2.24) is 4.98 Å². The van der Waals surface area contributed by atoms with E-state index in [9.17, 15) is 8.42 Å². The van der Waals surface area contributed by atoms with Gasteiger partial charge in [0.25, 0.3) is 0 Å². The van der Waals surface area contributed by atoms with Crippen LogP contribution in [0.3, 0.4) is 0 Å². The van der Waals surface area contributed by atoms with E-state index in [1.807, 2.05) is 18.2 Å². The fourth-order valence-electron chi connectivity index (χ4n) is 5.09. The first-order valence-electron chi connectivity index (χ1n) is 11.9. The lowest BCUT2D eigenvalue weighted by Crippen LogP contribution is -2.30. The van der Waals surface area contributed by atoms with E-state index in [-0.39, 0.29) is 29.4 Å². The van der Waals surface area contributed by atoms with Crippen molar-refractivity contribution in [3.05, 3.63) is 70.9 Å². The van der Waals surface area contributed by atoms with Crippen molar-refractivity contribution in [2.45, 2.75) is 51.7 Å². The van der Waals surface area contributed by atoms with Gasteiger partial charge in [-0.25, -0.2) is 13.4 Å². The number of aliphatic imine (C=N–C) groups is 1. The SMILES string of the molecule is COc1cc2c(c3c1OC(C)(C)C3)C(c1cccc(-c3ccc(NS(C)(=O)=O)nc3)c1)=NC(C)(C)C2.Cl. The molecule has 3 heterocycles. The van der Waals surface area contributed by atoms with E-state index in [4.69, 9.17) is 14.5 Å². The molecule has 9 heteroatoms. The summed E-state index contributed by atoms with van der Waals surface area (Å²) in [7, 11) is -1.69. The minimum Gasteiger partial charge on any atom is -0.493 e. The normalized spacial score (nSPS) is 17.0. The molecule has 0 radical (unpaired) electrons. The third-order valence-corrected chi connectivity index (χ3v) is 7.00. The van der Waals surface area contributed by atoms with Crippen molar-refractivity contribution >= 4 is 34.0 Å². The lowest BCUT2D eigenvalue weighted by Gasteiger charge is -2.31. The summed E-state index contributed by atoms with van der Waals surface area (Å²) >= 11 is 0. The predicted octanol–water partition coefficient (Wildman–Crippen LogP) is 5.44. The number of pyridine rings is 1. The molecule has 3 aromatic rings. The summed E-state index contributed by atoms with van der Waals surface area (Å²) < 4.78 is 37.5. The molecule has 1 N–H and O–H groups in total. The molecule has 0 unspecified atom stereocenters. The molecule has 1 aromatic heterocycles. The van der Waals surface area contributed by atoms with Crippen LogP contribution < -0.4 is 14.2 Å². The van der Waals surface area contributed by atoms with Crippen molar-refractivity contribution in [2.75, 3.05) is 18.1 Å². The van der Waals surface area contributed by atoms with Crippen LogP contribution in [0.15, 0.2) is 53.7 Å². The highest BCUT2D eigenvalue weighted by atomic mass is 35.5. The second-order valence-corrected chi connectivity index (χ2v) is 12.5. The fourth-order valence-corrected chi connectivity index (χ4v) is 5.59. The van der Waals surface area contributed by atoms with E-state index in [0.29, 0.717) is 0 Å². The quantitative estimate of drug-likeness (QED) is 0.465. The van der Waals surface area contributed by atoms with Gasteiger partial charge < -0.3 is 9.47 Å². The van der Waals surface area contributed by atoms with Crippen LogP contribution in [0.4, 0.5) is 5.82 Å². The summed E-state index contributed by atoms with van der Waals surface area (Å²) in [6.07, 6.45) is 4.37. The van der Waals surface area contributed by atoms with Crippen molar-refractivity contribution in [3.8, 4) is 22.6 Å².